The molecule has 0 amide bonds. The second-order valence-electron chi connectivity index (χ2n) is 5.75. The number of benzene rings is 1. The van der Waals surface area contributed by atoms with Crippen molar-refractivity contribution in [1.82, 2.24) is 0 Å². The molecule has 116 valence electrons. The van der Waals surface area contributed by atoms with Crippen LogP contribution in [0, 0.1) is 5.41 Å². The zero-order chi connectivity index (χ0) is 15.7. The lowest BCUT2D eigenvalue weighted by Crippen LogP contribution is -2.38. The molecule has 6 heteroatoms. The van der Waals surface area contributed by atoms with Crippen LogP contribution in [0.25, 0.3) is 0 Å². The molecule has 0 radical (unpaired) electrons. The summed E-state index contributed by atoms with van der Waals surface area (Å²) in [6.45, 7) is 1.82. The maximum absolute atomic E-state index is 12.3. The first-order valence-corrected chi connectivity index (χ1v) is 10.1. The lowest BCUT2D eigenvalue weighted by atomic mass is 9.78. The fraction of sp³-hybridized carbons (Fsp3) is 0.533. The number of hydrogen-bond acceptors (Lipinski definition) is 4. The predicted molar refractivity (Wildman–Crippen MR) is 89.9 cm³/mol. The molecule has 1 aliphatic rings. The predicted octanol–water partition coefficient (Wildman–Crippen LogP) is 2.88. The van der Waals surface area contributed by atoms with Crippen molar-refractivity contribution < 1.29 is 17.4 Å². The minimum absolute atomic E-state index is 0.0828. The van der Waals surface area contributed by atoms with Gasteiger partial charge in [0.25, 0.3) is 10.1 Å². The van der Waals surface area contributed by atoms with Crippen LogP contribution in [-0.4, -0.2) is 26.6 Å². The third-order valence-corrected chi connectivity index (χ3v) is 5.50. The van der Waals surface area contributed by atoms with Gasteiger partial charge in [0.05, 0.1) is 17.8 Å². The fourth-order valence-corrected chi connectivity index (χ4v) is 4.35. The van der Waals surface area contributed by atoms with E-state index in [1.54, 1.807) is 0 Å². The Hall–Kier alpha value is -0.470. The van der Waals surface area contributed by atoms with E-state index in [9.17, 15) is 13.2 Å². The highest BCUT2D eigenvalue weighted by Crippen LogP contribution is 2.41. The monoisotopic (exact) mass is 422 g/mol. The highest BCUT2D eigenvalue weighted by molar-refractivity contribution is 14.1. The number of hydrogen-bond donors (Lipinski definition) is 0. The SMILES string of the molecule is C[C@@]1(Cc2ccccc2CI)C(=O)CC[C@@H]1OS(C)(=O)=O. The van der Waals surface area contributed by atoms with Gasteiger partial charge >= 0.3 is 0 Å². The molecule has 1 aliphatic carbocycles. The van der Waals surface area contributed by atoms with Crippen LogP contribution in [0.2, 0.25) is 0 Å². The van der Waals surface area contributed by atoms with Crippen LogP contribution in [0.4, 0.5) is 0 Å². The van der Waals surface area contributed by atoms with Crippen molar-refractivity contribution in [3.8, 4) is 0 Å². The van der Waals surface area contributed by atoms with Gasteiger partial charge in [-0.1, -0.05) is 46.9 Å². The molecule has 0 saturated heterocycles. The average Bonchev–Trinajstić information content (AvgIpc) is 2.66. The molecular formula is C15H19IO4S. The van der Waals surface area contributed by atoms with E-state index in [1.165, 1.54) is 5.56 Å². The van der Waals surface area contributed by atoms with Gasteiger partial charge in [0.1, 0.15) is 5.78 Å². The van der Waals surface area contributed by atoms with Crippen LogP contribution in [-0.2, 0) is 29.9 Å². The van der Waals surface area contributed by atoms with E-state index in [2.05, 4.69) is 22.6 Å². The second-order valence-corrected chi connectivity index (χ2v) is 8.11. The summed E-state index contributed by atoms with van der Waals surface area (Å²) in [4.78, 5) is 12.3. The van der Waals surface area contributed by atoms with Crippen LogP contribution in [0.1, 0.15) is 30.9 Å². The number of ketones is 1. The van der Waals surface area contributed by atoms with E-state index in [0.717, 1.165) is 16.2 Å². The molecule has 4 nitrogen and oxygen atoms in total. The third-order valence-electron chi connectivity index (χ3n) is 4.09. The number of rotatable bonds is 5. The molecule has 1 aromatic carbocycles. The normalized spacial score (nSPS) is 26.2. The van der Waals surface area contributed by atoms with Crippen LogP contribution >= 0.6 is 22.6 Å². The standard InChI is InChI=1S/C15H19IO4S/c1-15(9-11-5-3-4-6-12(11)10-16)13(17)7-8-14(15)20-21(2,18)19/h3-6,14H,7-10H2,1-2H3/t14-,15+/m0/s1. The first-order chi connectivity index (χ1) is 9.76. The average molecular weight is 422 g/mol. The number of carbonyl (C=O) groups excluding carboxylic acids is 1. The number of halogens is 1. The summed E-state index contributed by atoms with van der Waals surface area (Å²) < 4.78 is 28.9. The van der Waals surface area contributed by atoms with Crippen LogP contribution in [0.15, 0.2) is 24.3 Å². The summed E-state index contributed by atoms with van der Waals surface area (Å²) in [6.07, 6.45) is 1.83. The van der Waals surface area contributed by atoms with Crippen molar-refractivity contribution in [1.29, 1.82) is 0 Å². The van der Waals surface area contributed by atoms with Crippen molar-refractivity contribution in [2.75, 3.05) is 6.26 Å². The van der Waals surface area contributed by atoms with Crippen molar-refractivity contribution in [2.24, 2.45) is 5.41 Å². The maximum atomic E-state index is 12.3. The van der Waals surface area contributed by atoms with E-state index in [4.69, 9.17) is 4.18 Å². The molecule has 0 aromatic heterocycles. The zero-order valence-electron chi connectivity index (χ0n) is 12.1. The molecule has 2 atom stereocenters. The molecule has 0 unspecified atom stereocenters. The Labute approximate surface area is 139 Å². The van der Waals surface area contributed by atoms with E-state index in [1.807, 2.05) is 31.2 Å². The summed E-state index contributed by atoms with van der Waals surface area (Å²) in [5.74, 6) is 0.0828. The summed E-state index contributed by atoms with van der Waals surface area (Å²) in [7, 11) is -3.56. The highest BCUT2D eigenvalue weighted by Gasteiger charge is 2.48. The largest absolute Gasteiger partial charge is 0.299 e. The van der Waals surface area contributed by atoms with Crippen molar-refractivity contribution in [2.45, 2.75) is 36.7 Å². The van der Waals surface area contributed by atoms with Gasteiger partial charge in [-0.25, -0.2) is 0 Å². The summed E-state index contributed by atoms with van der Waals surface area (Å²) in [5.41, 5.74) is 1.49. The van der Waals surface area contributed by atoms with Gasteiger partial charge in [-0.05, 0) is 30.9 Å². The van der Waals surface area contributed by atoms with Crippen molar-refractivity contribution >= 4 is 38.5 Å². The van der Waals surface area contributed by atoms with Crippen molar-refractivity contribution in [3.63, 3.8) is 0 Å². The van der Waals surface area contributed by atoms with E-state index in [-0.39, 0.29) is 5.78 Å². The number of Topliss-reactive ketones (excluding diaryl/α,β-unsaturated/α-hetero) is 1. The number of alkyl halides is 1. The van der Waals surface area contributed by atoms with E-state index in [0.29, 0.717) is 19.3 Å². The Bertz CT molecular complexity index is 641. The van der Waals surface area contributed by atoms with E-state index >= 15 is 0 Å². The smallest absolute Gasteiger partial charge is 0.264 e. The molecule has 2 rings (SSSR count). The first-order valence-electron chi connectivity index (χ1n) is 6.80. The molecule has 1 saturated carbocycles. The lowest BCUT2D eigenvalue weighted by Gasteiger charge is -2.29. The minimum atomic E-state index is -3.56. The van der Waals surface area contributed by atoms with Crippen LogP contribution < -0.4 is 0 Å². The Kier molecular flexibility index (Phi) is 5.10. The quantitative estimate of drug-likeness (QED) is 0.416. The number of carbonyl (C=O) groups is 1. The van der Waals surface area contributed by atoms with Crippen LogP contribution in [0.3, 0.4) is 0 Å². The van der Waals surface area contributed by atoms with Gasteiger partial charge in [-0.15, -0.1) is 0 Å². The van der Waals surface area contributed by atoms with Gasteiger partial charge in [-0.2, -0.15) is 8.42 Å². The molecular weight excluding hydrogens is 403 g/mol. The van der Waals surface area contributed by atoms with Gasteiger partial charge < -0.3 is 0 Å². The van der Waals surface area contributed by atoms with Crippen LogP contribution in [0.5, 0.6) is 0 Å². The Morgan fingerprint density at radius 2 is 1.95 bits per heavy atom. The molecule has 0 N–H and O–H groups in total. The summed E-state index contributed by atoms with van der Waals surface area (Å²) >= 11 is 2.29. The molecule has 21 heavy (non-hydrogen) atoms. The van der Waals surface area contributed by atoms with Gasteiger partial charge in [0, 0.05) is 10.8 Å². The van der Waals surface area contributed by atoms with E-state index < -0.39 is 21.6 Å². The highest BCUT2D eigenvalue weighted by atomic mass is 127. The van der Waals surface area contributed by atoms with Gasteiger partial charge in [0.2, 0.25) is 0 Å². The van der Waals surface area contributed by atoms with Gasteiger partial charge in [0.15, 0.2) is 0 Å². The topological polar surface area (TPSA) is 60.4 Å². The molecule has 0 bridgehead atoms. The summed E-state index contributed by atoms with van der Waals surface area (Å²) in [6, 6.07) is 7.96. The third kappa shape index (κ3) is 3.84. The molecule has 1 aromatic rings. The summed E-state index contributed by atoms with van der Waals surface area (Å²) in [5, 5.41) is 0. The lowest BCUT2D eigenvalue weighted by molar-refractivity contribution is -0.127. The minimum Gasteiger partial charge on any atom is -0.299 e. The Morgan fingerprint density at radius 1 is 1.33 bits per heavy atom. The van der Waals surface area contributed by atoms with Gasteiger partial charge in [-0.3, -0.25) is 8.98 Å². The first kappa shape index (κ1) is 16.9. The Morgan fingerprint density at radius 3 is 2.52 bits per heavy atom. The maximum Gasteiger partial charge on any atom is 0.264 e. The zero-order valence-corrected chi connectivity index (χ0v) is 15.1. The molecule has 0 aliphatic heterocycles. The molecule has 0 spiro atoms. The molecule has 1 fully saturated rings. The fourth-order valence-electron chi connectivity index (χ4n) is 2.88. The van der Waals surface area contributed by atoms with Crippen molar-refractivity contribution in [3.05, 3.63) is 35.4 Å². The molecule has 0 heterocycles. The Balaban J connectivity index is 2.31. The second kappa shape index (κ2) is 6.34.